The second-order valence-corrected chi connectivity index (χ2v) is 3.90. The van der Waals surface area contributed by atoms with Crippen LogP contribution >= 0.6 is 34.8 Å². The van der Waals surface area contributed by atoms with Crippen LogP contribution < -0.4 is 0 Å². The summed E-state index contributed by atoms with van der Waals surface area (Å²) >= 11 is 17.4. The second-order valence-electron chi connectivity index (χ2n) is 2.73. The molecule has 0 bridgehead atoms. The number of nitrogens with zero attached hydrogens (tertiary/aromatic N) is 1. The highest BCUT2D eigenvalue weighted by molar-refractivity contribution is 6.45. The van der Waals surface area contributed by atoms with E-state index in [0.29, 0.717) is 12.0 Å². The topological polar surface area (TPSA) is 43.1 Å². The Morgan fingerprint density at radius 1 is 1.40 bits per heavy atom. The number of allylic oxidation sites excluding steroid dienone is 1. The van der Waals surface area contributed by atoms with E-state index in [1.54, 1.807) is 6.08 Å². The monoisotopic (exact) mass is 265 g/mol. The van der Waals surface area contributed by atoms with Gasteiger partial charge < -0.3 is 0 Å². The number of nitro benzene ring substituents is 1. The third-order valence-corrected chi connectivity index (χ3v) is 3.01. The predicted octanol–water partition coefficient (Wildman–Crippen LogP) is 4.28. The summed E-state index contributed by atoms with van der Waals surface area (Å²) in [6.07, 6.45) is 2.00. The Kier molecular flexibility index (Phi) is 3.97. The Hall–Kier alpha value is -0.770. The van der Waals surface area contributed by atoms with Crippen molar-refractivity contribution < 1.29 is 4.92 Å². The van der Waals surface area contributed by atoms with E-state index < -0.39 is 4.92 Å². The first-order chi connectivity index (χ1) is 6.99. The van der Waals surface area contributed by atoms with Crippen molar-refractivity contribution in [3.05, 3.63) is 49.5 Å². The highest BCUT2D eigenvalue weighted by atomic mass is 35.5. The van der Waals surface area contributed by atoms with Crippen LogP contribution in [-0.2, 0) is 6.42 Å². The predicted molar refractivity (Wildman–Crippen MR) is 62.0 cm³/mol. The fourth-order valence-electron chi connectivity index (χ4n) is 1.08. The number of hydrogen-bond acceptors (Lipinski definition) is 2. The third-order valence-electron chi connectivity index (χ3n) is 1.78. The van der Waals surface area contributed by atoms with Crippen LogP contribution in [0.4, 0.5) is 5.69 Å². The van der Waals surface area contributed by atoms with Crippen molar-refractivity contribution in [2.45, 2.75) is 6.42 Å². The smallest absolute Gasteiger partial charge is 0.258 e. The van der Waals surface area contributed by atoms with Gasteiger partial charge >= 0.3 is 0 Å². The number of nitro groups is 1. The van der Waals surface area contributed by atoms with Gasteiger partial charge in [0.25, 0.3) is 5.69 Å². The number of halogens is 3. The molecule has 0 aliphatic heterocycles. The molecule has 0 amide bonds. The van der Waals surface area contributed by atoms with Crippen molar-refractivity contribution in [1.82, 2.24) is 0 Å². The molecule has 0 unspecified atom stereocenters. The fraction of sp³-hybridized carbons (Fsp3) is 0.111. The average molecular weight is 267 g/mol. The van der Waals surface area contributed by atoms with Crippen molar-refractivity contribution in [2.75, 3.05) is 0 Å². The molecule has 0 heterocycles. The molecule has 80 valence electrons. The van der Waals surface area contributed by atoms with Crippen LogP contribution in [0.5, 0.6) is 0 Å². The van der Waals surface area contributed by atoms with Crippen LogP contribution in [0, 0.1) is 10.1 Å². The molecule has 15 heavy (non-hydrogen) atoms. The van der Waals surface area contributed by atoms with Crippen LogP contribution in [0.3, 0.4) is 0 Å². The van der Waals surface area contributed by atoms with Gasteiger partial charge in [0.1, 0.15) is 5.02 Å². The standard InChI is InChI=1S/C9H6Cl3NO2/c1-2-3-5-6(10)4-7(13(14)15)9(12)8(5)11/h2,4H,1,3H2. The molecule has 1 aromatic rings. The first-order valence-electron chi connectivity index (χ1n) is 3.90. The number of rotatable bonds is 3. The zero-order valence-electron chi connectivity index (χ0n) is 7.47. The molecule has 0 N–H and O–H groups in total. The van der Waals surface area contributed by atoms with Crippen LogP contribution in [-0.4, -0.2) is 4.92 Å². The van der Waals surface area contributed by atoms with E-state index in [1.165, 1.54) is 6.07 Å². The van der Waals surface area contributed by atoms with Gasteiger partial charge in [-0.3, -0.25) is 10.1 Å². The van der Waals surface area contributed by atoms with Crippen LogP contribution in [0.2, 0.25) is 15.1 Å². The van der Waals surface area contributed by atoms with E-state index >= 15 is 0 Å². The summed E-state index contributed by atoms with van der Waals surface area (Å²) in [5.41, 5.74) is 0.253. The molecule has 0 spiro atoms. The Morgan fingerprint density at radius 2 is 2.00 bits per heavy atom. The lowest BCUT2D eigenvalue weighted by atomic mass is 10.1. The Labute approximate surface area is 101 Å². The van der Waals surface area contributed by atoms with Crippen LogP contribution in [0.25, 0.3) is 0 Å². The third kappa shape index (κ3) is 2.43. The molecule has 0 fully saturated rings. The minimum atomic E-state index is -0.627. The summed E-state index contributed by atoms with van der Waals surface area (Å²) in [6.45, 7) is 3.53. The number of hydrogen-bond donors (Lipinski definition) is 0. The Morgan fingerprint density at radius 3 is 2.47 bits per heavy atom. The van der Waals surface area contributed by atoms with Gasteiger partial charge in [0.05, 0.1) is 15.0 Å². The quantitative estimate of drug-likeness (QED) is 0.354. The Balaban J connectivity index is 3.43. The van der Waals surface area contributed by atoms with E-state index in [-0.39, 0.29) is 20.8 Å². The van der Waals surface area contributed by atoms with Crippen LogP contribution in [0.15, 0.2) is 18.7 Å². The van der Waals surface area contributed by atoms with Crippen molar-refractivity contribution in [3.63, 3.8) is 0 Å². The molecule has 0 aliphatic carbocycles. The SMILES string of the molecule is C=CCc1c(Cl)cc([N+](=O)[O-])c(Cl)c1Cl. The van der Waals surface area contributed by atoms with Gasteiger partial charge in [-0.1, -0.05) is 40.9 Å². The average Bonchev–Trinajstić information content (AvgIpc) is 2.18. The summed E-state index contributed by atoms with van der Waals surface area (Å²) < 4.78 is 0. The molecule has 1 aromatic carbocycles. The largest absolute Gasteiger partial charge is 0.290 e. The summed E-state index contributed by atoms with van der Waals surface area (Å²) in [5.74, 6) is 0. The van der Waals surface area contributed by atoms with E-state index in [1.807, 2.05) is 0 Å². The molecule has 0 aliphatic rings. The van der Waals surface area contributed by atoms with E-state index in [0.717, 1.165) is 0 Å². The van der Waals surface area contributed by atoms with Gasteiger partial charge in [-0.2, -0.15) is 0 Å². The summed E-state index contributed by atoms with van der Waals surface area (Å²) in [4.78, 5) is 9.95. The maximum atomic E-state index is 10.6. The van der Waals surface area contributed by atoms with Gasteiger partial charge in [-0.25, -0.2) is 0 Å². The maximum absolute atomic E-state index is 10.6. The van der Waals surface area contributed by atoms with Crippen molar-refractivity contribution in [1.29, 1.82) is 0 Å². The summed E-state index contributed by atoms with van der Waals surface area (Å²) in [6, 6.07) is 1.19. The van der Waals surface area contributed by atoms with Gasteiger partial charge in [-0.15, -0.1) is 6.58 Å². The molecule has 6 heteroatoms. The second kappa shape index (κ2) is 4.84. The molecule has 0 radical (unpaired) electrons. The van der Waals surface area contributed by atoms with Gasteiger partial charge in [0, 0.05) is 6.07 Å². The first kappa shape index (κ1) is 12.3. The van der Waals surface area contributed by atoms with Gasteiger partial charge in [0.15, 0.2) is 0 Å². The maximum Gasteiger partial charge on any atom is 0.290 e. The van der Waals surface area contributed by atoms with Crippen molar-refractivity contribution in [3.8, 4) is 0 Å². The lowest BCUT2D eigenvalue weighted by molar-refractivity contribution is -0.384. The van der Waals surface area contributed by atoms with E-state index in [4.69, 9.17) is 34.8 Å². The summed E-state index contributed by atoms with van der Waals surface area (Å²) in [7, 11) is 0. The molecular formula is C9H6Cl3NO2. The first-order valence-corrected chi connectivity index (χ1v) is 5.04. The highest BCUT2D eigenvalue weighted by Crippen LogP contribution is 2.39. The van der Waals surface area contributed by atoms with Crippen molar-refractivity contribution in [2.24, 2.45) is 0 Å². The minimum absolute atomic E-state index is 0.0945. The highest BCUT2D eigenvalue weighted by Gasteiger charge is 2.20. The van der Waals surface area contributed by atoms with E-state index in [9.17, 15) is 10.1 Å². The summed E-state index contributed by atoms with van der Waals surface area (Å²) in [5, 5.41) is 10.8. The van der Waals surface area contributed by atoms with Gasteiger partial charge in [-0.05, 0) is 12.0 Å². The molecular weight excluding hydrogens is 260 g/mol. The molecule has 3 nitrogen and oxygen atoms in total. The van der Waals surface area contributed by atoms with Crippen molar-refractivity contribution >= 4 is 40.5 Å². The molecule has 1 rings (SSSR count). The van der Waals surface area contributed by atoms with Gasteiger partial charge in [0.2, 0.25) is 0 Å². The lowest BCUT2D eigenvalue weighted by Crippen LogP contribution is -1.94. The normalized spacial score (nSPS) is 10.1. The zero-order valence-corrected chi connectivity index (χ0v) is 9.73. The van der Waals surface area contributed by atoms with Crippen LogP contribution in [0.1, 0.15) is 5.56 Å². The molecule has 0 aromatic heterocycles. The Bertz CT molecular complexity index is 432. The van der Waals surface area contributed by atoms with E-state index in [2.05, 4.69) is 6.58 Å². The number of benzene rings is 1. The minimum Gasteiger partial charge on any atom is -0.258 e. The lowest BCUT2D eigenvalue weighted by Gasteiger charge is -2.06. The zero-order chi connectivity index (χ0) is 11.6. The molecule has 0 saturated carbocycles. The molecule has 0 atom stereocenters. The molecule has 0 saturated heterocycles. The fourth-order valence-corrected chi connectivity index (χ4v) is 1.92.